The molecule has 0 amide bonds. The zero-order valence-electron chi connectivity index (χ0n) is 34.3. The Hall–Kier alpha value is -8.67. The van der Waals surface area contributed by atoms with Crippen molar-refractivity contribution < 1.29 is 4.42 Å². The number of hydrogen-bond donors (Lipinski definition) is 0. The van der Waals surface area contributed by atoms with Gasteiger partial charge in [0.05, 0.1) is 22.3 Å². The molecule has 11 aromatic carbocycles. The summed E-state index contributed by atoms with van der Waals surface area (Å²) >= 11 is 0. The minimum absolute atomic E-state index is 0.563. The van der Waals surface area contributed by atoms with E-state index in [0.717, 1.165) is 82.3 Å². The quantitative estimate of drug-likeness (QED) is 0.166. The Bertz CT molecular complexity index is 4270. The van der Waals surface area contributed by atoms with Crippen molar-refractivity contribution in [3.05, 3.63) is 206 Å². The molecule has 14 aromatic rings. The summed E-state index contributed by atoms with van der Waals surface area (Å²) in [5, 5.41) is 15.7. The predicted molar refractivity (Wildman–Crippen MR) is 265 cm³/mol. The maximum Gasteiger partial charge on any atom is 0.166 e. The largest absolute Gasteiger partial charge is 0.456 e. The first-order valence-electron chi connectivity index (χ1n) is 21.7. The van der Waals surface area contributed by atoms with Crippen LogP contribution in [0.1, 0.15) is 0 Å². The lowest BCUT2D eigenvalue weighted by molar-refractivity contribution is 0.669. The van der Waals surface area contributed by atoms with Crippen LogP contribution in [0.5, 0.6) is 0 Å². The zero-order valence-corrected chi connectivity index (χ0v) is 34.3. The van der Waals surface area contributed by atoms with Crippen molar-refractivity contribution in [3.63, 3.8) is 0 Å². The Kier molecular flexibility index (Phi) is 7.33. The summed E-state index contributed by atoms with van der Waals surface area (Å²) in [6, 6.07) is 73.3. The van der Waals surface area contributed by atoms with E-state index in [-0.39, 0.29) is 0 Å². The van der Waals surface area contributed by atoms with Crippen LogP contribution in [0.15, 0.2) is 211 Å². The van der Waals surface area contributed by atoms with Gasteiger partial charge in [-0.25, -0.2) is 15.0 Å². The van der Waals surface area contributed by atoms with Crippen LogP contribution < -0.4 is 0 Å². The van der Waals surface area contributed by atoms with Crippen molar-refractivity contribution >= 4 is 97.6 Å². The molecular weight excluding hydrogens is 781 g/mol. The fourth-order valence-corrected chi connectivity index (χ4v) is 10.3. The van der Waals surface area contributed by atoms with Crippen LogP contribution in [0, 0.1) is 0 Å². The van der Waals surface area contributed by atoms with Gasteiger partial charge in [-0.15, -0.1) is 0 Å². The monoisotopic (exact) mass is 814 g/mol. The Morgan fingerprint density at radius 2 is 0.922 bits per heavy atom. The first-order chi connectivity index (χ1) is 31.7. The number of nitrogens with zero attached hydrogens (tertiary/aromatic N) is 4. The van der Waals surface area contributed by atoms with E-state index < -0.39 is 0 Å². The maximum atomic E-state index is 6.70. The molecule has 0 saturated heterocycles. The van der Waals surface area contributed by atoms with Crippen molar-refractivity contribution in [1.82, 2.24) is 19.5 Å². The maximum absolute atomic E-state index is 6.70. The summed E-state index contributed by atoms with van der Waals surface area (Å²) in [7, 11) is 0. The van der Waals surface area contributed by atoms with Crippen LogP contribution in [0.4, 0.5) is 0 Å². The summed E-state index contributed by atoms with van der Waals surface area (Å²) in [6.45, 7) is 0. The molecule has 14 rings (SSSR count). The number of hydrogen-bond acceptors (Lipinski definition) is 4. The molecule has 0 unspecified atom stereocenters. The van der Waals surface area contributed by atoms with Crippen LogP contribution in [0.2, 0.25) is 0 Å². The summed E-state index contributed by atoms with van der Waals surface area (Å²) in [6.07, 6.45) is 0. The molecule has 0 radical (unpaired) electrons. The highest BCUT2D eigenvalue weighted by atomic mass is 16.3. The van der Waals surface area contributed by atoms with Gasteiger partial charge in [0.25, 0.3) is 0 Å². The van der Waals surface area contributed by atoms with Gasteiger partial charge in [0.15, 0.2) is 17.5 Å². The standard InChI is InChI=1S/C59H34N4O/c1-2-17-38-34-51-48(32-37(38)16-1)45-29-28-36-15-4-8-22-42(36)56(45)63(51)50-30-31-53-54(47-25-11-12-27-52(47)64-53)55(50)59-61-57(46-26-13-19-35-14-3-6-20-40(35)46)60-58(62-59)49-33-39-18-5-7-21-41(39)43-23-9-10-24-44(43)49/h1-34H. The van der Waals surface area contributed by atoms with Gasteiger partial charge in [0.2, 0.25) is 0 Å². The predicted octanol–water partition coefficient (Wildman–Crippen LogP) is 15.6. The minimum atomic E-state index is 0.563. The molecule has 64 heavy (non-hydrogen) atoms. The molecule has 3 aromatic heterocycles. The Balaban J connectivity index is 1.18. The summed E-state index contributed by atoms with van der Waals surface area (Å²) in [5.74, 6) is 1.76. The molecule has 5 nitrogen and oxygen atoms in total. The highest BCUT2D eigenvalue weighted by Crippen LogP contribution is 2.46. The molecule has 0 aliphatic rings. The molecular formula is C59H34N4O. The molecule has 296 valence electrons. The number of aromatic nitrogens is 4. The number of furan rings is 1. The minimum Gasteiger partial charge on any atom is -0.456 e. The molecule has 0 aliphatic carbocycles. The number of benzene rings is 11. The SMILES string of the molecule is c1ccc2cc3c(cc2c1)c1ccc2ccccc2c1n3-c1ccc2oc3ccccc3c2c1-c1nc(-c2cccc3ccccc23)nc(-c2cc3ccccc3c3ccccc23)n1. The van der Waals surface area contributed by atoms with Gasteiger partial charge in [-0.05, 0) is 84.9 Å². The van der Waals surface area contributed by atoms with Crippen molar-refractivity contribution in [1.29, 1.82) is 0 Å². The van der Waals surface area contributed by atoms with Crippen LogP contribution in [0.3, 0.4) is 0 Å². The number of para-hydroxylation sites is 1. The molecule has 0 fully saturated rings. The Morgan fingerprint density at radius 3 is 1.73 bits per heavy atom. The molecule has 0 N–H and O–H groups in total. The van der Waals surface area contributed by atoms with Crippen LogP contribution in [-0.2, 0) is 0 Å². The van der Waals surface area contributed by atoms with E-state index in [2.05, 4.69) is 199 Å². The van der Waals surface area contributed by atoms with Crippen molar-refractivity contribution in [2.75, 3.05) is 0 Å². The summed E-state index contributed by atoms with van der Waals surface area (Å²) in [5.41, 5.74) is 7.50. The topological polar surface area (TPSA) is 56.7 Å². The smallest absolute Gasteiger partial charge is 0.166 e. The lowest BCUT2D eigenvalue weighted by Gasteiger charge is -2.17. The normalized spacial score (nSPS) is 12.1. The van der Waals surface area contributed by atoms with E-state index in [1.165, 1.54) is 37.7 Å². The second-order valence-electron chi connectivity index (χ2n) is 16.7. The highest BCUT2D eigenvalue weighted by molar-refractivity contribution is 6.22. The van der Waals surface area contributed by atoms with E-state index in [1.54, 1.807) is 0 Å². The molecule has 3 heterocycles. The highest BCUT2D eigenvalue weighted by Gasteiger charge is 2.26. The third-order valence-corrected chi connectivity index (χ3v) is 13.2. The third kappa shape index (κ3) is 5.09. The molecule has 0 bridgehead atoms. The van der Waals surface area contributed by atoms with Crippen LogP contribution in [-0.4, -0.2) is 19.5 Å². The first-order valence-corrected chi connectivity index (χ1v) is 21.7. The average molecular weight is 815 g/mol. The molecule has 0 spiro atoms. The molecule has 0 aliphatic heterocycles. The Labute approximate surface area is 366 Å². The van der Waals surface area contributed by atoms with Gasteiger partial charge in [-0.2, -0.15) is 0 Å². The van der Waals surface area contributed by atoms with Gasteiger partial charge in [-0.1, -0.05) is 170 Å². The average Bonchev–Trinajstić information content (AvgIpc) is 3.90. The second kappa shape index (κ2) is 13.4. The van der Waals surface area contributed by atoms with E-state index in [9.17, 15) is 0 Å². The van der Waals surface area contributed by atoms with E-state index >= 15 is 0 Å². The van der Waals surface area contributed by atoms with E-state index in [4.69, 9.17) is 19.4 Å². The second-order valence-corrected chi connectivity index (χ2v) is 16.7. The van der Waals surface area contributed by atoms with Crippen molar-refractivity contribution in [2.24, 2.45) is 0 Å². The van der Waals surface area contributed by atoms with Gasteiger partial charge >= 0.3 is 0 Å². The zero-order chi connectivity index (χ0) is 41.9. The molecule has 5 heteroatoms. The van der Waals surface area contributed by atoms with Gasteiger partial charge in [0.1, 0.15) is 11.2 Å². The fourth-order valence-electron chi connectivity index (χ4n) is 10.3. The number of fused-ring (bicyclic) bond motifs is 13. The number of rotatable bonds is 4. The Morgan fingerprint density at radius 1 is 0.328 bits per heavy atom. The lowest BCUT2D eigenvalue weighted by atomic mass is 9.96. The van der Waals surface area contributed by atoms with Crippen LogP contribution in [0.25, 0.3) is 137 Å². The van der Waals surface area contributed by atoms with Crippen molar-refractivity contribution in [3.8, 4) is 39.9 Å². The van der Waals surface area contributed by atoms with Gasteiger partial charge in [-0.3, -0.25) is 0 Å². The fraction of sp³-hybridized carbons (Fsp3) is 0. The van der Waals surface area contributed by atoms with E-state index in [0.29, 0.717) is 17.5 Å². The molecule has 0 atom stereocenters. The summed E-state index contributed by atoms with van der Waals surface area (Å²) in [4.78, 5) is 16.7. The first kappa shape index (κ1) is 35.0. The van der Waals surface area contributed by atoms with Crippen LogP contribution >= 0.6 is 0 Å². The van der Waals surface area contributed by atoms with Crippen molar-refractivity contribution in [2.45, 2.75) is 0 Å². The summed E-state index contributed by atoms with van der Waals surface area (Å²) < 4.78 is 9.15. The van der Waals surface area contributed by atoms with E-state index in [1.807, 2.05) is 12.1 Å². The lowest BCUT2D eigenvalue weighted by Crippen LogP contribution is -2.05. The van der Waals surface area contributed by atoms with Gasteiger partial charge < -0.3 is 8.98 Å². The third-order valence-electron chi connectivity index (χ3n) is 13.2. The van der Waals surface area contributed by atoms with Gasteiger partial charge in [0, 0.05) is 38.1 Å². The molecule has 0 saturated carbocycles.